The van der Waals surface area contributed by atoms with Crippen molar-refractivity contribution in [1.82, 2.24) is 0 Å². The van der Waals surface area contributed by atoms with Gasteiger partial charge in [0.15, 0.2) is 0 Å². The molecule has 4 rings (SSSR count). The second kappa shape index (κ2) is 9.82. The molecule has 1 aliphatic carbocycles. The largest absolute Gasteiger partial charge is 0.422 e. The van der Waals surface area contributed by atoms with Crippen molar-refractivity contribution >= 4 is 10.8 Å². The van der Waals surface area contributed by atoms with E-state index in [0.29, 0.717) is 5.56 Å². The van der Waals surface area contributed by atoms with Crippen molar-refractivity contribution in [2.24, 2.45) is 5.92 Å². The third-order valence-corrected chi connectivity index (χ3v) is 7.03. The Bertz CT molecular complexity index is 1090. The summed E-state index contributed by atoms with van der Waals surface area (Å²) in [6, 6.07) is 13.8. The first-order valence-electron chi connectivity index (χ1n) is 11.9. The van der Waals surface area contributed by atoms with Gasteiger partial charge < -0.3 is 0 Å². The Labute approximate surface area is 191 Å². The summed E-state index contributed by atoms with van der Waals surface area (Å²) in [6.45, 7) is 2.16. The van der Waals surface area contributed by atoms with Crippen molar-refractivity contribution in [1.29, 1.82) is 0 Å². The number of aryl methyl sites for hydroxylation is 1. The lowest BCUT2D eigenvalue weighted by Crippen LogP contribution is -2.23. The van der Waals surface area contributed by atoms with E-state index in [2.05, 4.69) is 6.92 Å². The van der Waals surface area contributed by atoms with Crippen molar-refractivity contribution in [3.05, 3.63) is 82.4 Å². The van der Waals surface area contributed by atoms with Gasteiger partial charge in [-0.25, -0.2) is 8.78 Å². The Morgan fingerprint density at radius 1 is 0.879 bits per heavy atom. The molecule has 0 amide bonds. The Balaban J connectivity index is 1.76. The highest BCUT2D eigenvalue weighted by Crippen LogP contribution is 2.46. The highest BCUT2D eigenvalue weighted by Gasteiger charge is 2.39. The van der Waals surface area contributed by atoms with Gasteiger partial charge >= 0.3 is 6.18 Å². The molecule has 0 spiro atoms. The van der Waals surface area contributed by atoms with Crippen LogP contribution in [-0.4, -0.2) is 0 Å². The molecule has 1 aliphatic rings. The van der Waals surface area contributed by atoms with Crippen molar-refractivity contribution < 1.29 is 22.0 Å². The van der Waals surface area contributed by atoms with Crippen LogP contribution < -0.4 is 0 Å². The van der Waals surface area contributed by atoms with E-state index in [1.807, 2.05) is 36.4 Å². The highest BCUT2D eigenvalue weighted by molar-refractivity contribution is 5.87. The minimum Gasteiger partial charge on any atom is -0.206 e. The number of hydrogen-bond acceptors (Lipinski definition) is 0. The van der Waals surface area contributed by atoms with E-state index in [1.54, 1.807) is 0 Å². The van der Waals surface area contributed by atoms with Crippen molar-refractivity contribution in [2.75, 3.05) is 0 Å². The zero-order chi connectivity index (χ0) is 23.6. The summed E-state index contributed by atoms with van der Waals surface area (Å²) in [7, 11) is 0. The molecule has 0 saturated carbocycles. The van der Waals surface area contributed by atoms with Gasteiger partial charge in [0.05, 0.1) is 0 Å². The predicted octanol–water partition coefficient (Wildman–Crippen LogP) is 9.19. The second-order valence-corrected chi connectivity index (χ2v) is 9.19. The monoisotopic (exact) mass is 460 g/mol. The van der Waals surface area contributed by atoms with Crippen LogP contribution in [0.2, 0.25) is 0 Å². The van der Waals surface area contributed by atoms with Crippen LogP contribution in [0.15, 0.2) is 48.5 Å². The Morgan fingerprint density at radius 3 is 2.27 bits per heavy atom. The first-order chi connectivity index (χ1) is 15.8. The molecule has 0 nitrogen and oxygen atoms in total. The zero-order valence-corrected chi connectivity index (χ0v) is 18.8. The Hall–Kier alpha value is -2.43. The van der Waals surface area contributed by atoms with Crippen molar-refractivity contribution in [3.63, 3.8) is 0 Å². The van der Waals surface area contributed by atoms with E-state index in [-0.39, 0.29) is 11.8 Å². The molecule has 0 radical (unpaired) electrons. The van der Waals surface area contributed by atoms with Crippen molar-refractivity contribution in [2.45, 2.75) is 70.4 Å². The summed E-state index contributed by atoms with van der Waals surface area (Å²) in [4.78, 5) is 0. The third-order valence-electron chi connectivity index (χ3n) is 7.03. The molecule has 176 valence electrons. The molecule has 0 bridgehead atoms. The highest BCUT2D eigenvalue weighted by atomic mass is 19.4. The number of fused-ring (bicyclic) bond motifs is 3. The number of rotatable bonds is 7. The molecule has 0 N–H and O–H groups in total. The van der Waals surface area contributed by atoms with Crippen LogP contribution in [0.4, 0.5) is 22.0 Å². The molecule has 3 aromatic rings. The van der Waals surface area contributed by atoms with Crippen molar-refractivity contribution in [3.8, 4) is 0 Å². The molecule has 0 unspecified atom stereocenters. The summed E-state index contributed by atoms with van der Waals surface area (Å²) < 4.78 is 68.6. The molecule has 0 aliphatic heterocycles. The smallest absolute Gasteiger partial charge is 0.206 e. The molecule has 0 heterocycles. The number of alkyl halides is 3. The molecule has 0 fully saturated rings. The van der Waals surface area contributed by atoms with Gasteiger partial charge in [-0.1, -0.05) is 75.4 Å². The van der Waals surface area contributed by atoms with E-state index in [1.165, 1.54) is 6.42 Å². The Kier molecular flexibility index (Phi) is 7.06. The number of unbranched alkanes of at least 4 members (excludes halogenated alkanes) is 4. The molecule has 2 atom stereocenters. The number of halogens is 5. The first-order valence-corrected chi connectivity index (χ1v) is 11.9. The van der Waals surface area contributed by atoms with E-state index >= 15 is 0 Å². The van der Waals surface area contributed by atoms with Gasteiger partial charge in [0, 0.05) is 5.92 Å². The molecular weight excluding hydrogens is 431 g/mol. The van der Waals surface area contributed by atoms with Crippen LogP contribution in [0.1, 0.15) is 80.0 Å². The van der Waals surface area contributed by atoms with E-state index < -0.39 is 23.4 Å². The second-order valence-electron chi connectivity index (χ2n) is 9.19. The lowest BCUT2D eigenvalue weighted by atomic mass is 9.69. The van der Waals surface area contributed by atoms with Gasteiger partial charge in [-0.3, -0.25) is 0 Å². The molecule has 33 heavy (non-hydrogen) atoms. The minimum absolute atomic E-state index is 0.135. The van der Waals surface area contributed by atoms with Crippen LogP contribution in [0.25, 0.3) is 10.8 Å². The van der Waals surface area contributed by atoms with Crippen LogP contribution in [0.5, 0.6) is 0 Å². The zero-order valence-electron chi connectivity index (χ0n) is 18.8. The Morgan fingerprint density at radius 2 is 1.58 bits per heavy atom. The summed E-state index contributed by atoms with van der Waals surface area (Å²) in [5.74, 6) is -3.26. The predicted molar refractivity (Wildman–Crippen MR) is 122 cm³/mol. The lowest BCUT2D eigenvalue weighted by molar-refractivity contribution is -0.142. The maximum atomic E-state index is 14.5. The quantitative estimate of drug-likeness (QED) is 0.243. The fourth-order valence-corrected chi connectivity index (χ4v) is 5.49. The maximum Gasteiger partial charge on any atom is 0.422 e. The van der Waals surface area contributed by atoms with Gasteiger partial charge in [-0.05, 0) is 64.8 Å². The SMILES string of the molecule is CCCCCCC[C@@H]1CCc2c(ccc3ccccc23)[C@H]1c1cc(F)c(C(F)(F)F)c(F)c1. The van der Waals surface area contributed by atoms with Crippen LogP contribution in [0.3, 0.4) is 0 Å². The summed E-state index contributed by atoms with van der Waals surface area (Å²) in [5.41, 5.74) is 0.614. The average molecular weight is 461 g/mol. The minimum atomic E-state index is -5.06. The van der Waals surface area contributed by atoms with E-state index in [9.17, 15) is 22.0 Å². The molecular formula is C28H29F5. The standard InChI is InChI=1S/C28H29F5/c1-2-3-4-5-6-10-19-13-14-22-21-11-8-7-9-18(21)12-15-23(22)26(19)20-16-24(29)27(25(30)17-20)28(31,32)33/h7-9,11-12,15-17,19,26H,2-6,10,13-14H2,1H3/t19-,26-/m1/s1. The van der Waals surface area contributed by atoms with Crippen LogP contribution in [0, 0.1) is 17.6 Å². The first kappa shape index (κ1) is 23.7. The molecule has 3 aromatic carbocycles. The number of hydrogen-bond donors (Lipinski definition) is 0. The summed E-state index contributed by atoms with van der Waals surface area (Å²) in [6.07, 6.45) is 3.12. The van der Waals surface area contributed by atoms with Gasteiger partial charge in [-0.15, -0.1) is 0 Å². The fraction of sp³-hybridized carbons (Fsp3) is 0.429. The molecule has 0 aromatic heterocycles. The van der Waals surface area contributed by atoms with Gasteiger partial charge in [-0.2, -0.15) is 13.2 Å². The average Bonchev–Trinajstić information content (AvgIpc) is 2.77. The fourth-order valence-electron chi connectivity index (χ4n) is 5.49. The molecule has 5 heteroatoms. The summed E-state index contributed by atoms with van der Waals surface area (Å²) in [5, 5.41) is 2.20. The van der Waals surface area contributed by atoms with Crippen LogP contribution in [-0.2, 0) is 12.6 Å². The molecule has 0 saturated heterocycles. The topological polar surface area (TPSA) is 0 Å². The maximum absolute atomic E-state index is 14.5. The van der Waals surface area contributed by atoms with E-state index in [0.717, 1.165) is 79.0 Å². The summed E-state index contributed by atoms with van der Waals surface area (Å²) >= 11 is 0. The number of benzene rings is 3. The van der Waals surface area contributed by atoms with Gasteiger partial charge in [0.1, 0.15) is 17.2 Å². The van der Waals surface area contributed by atoms with E-state index in [4.69, 9.17) is 0 Å². The third kappa shape index (κ3) is 4.92. The normalized spacial score (nSPS) is 18.5. The van der Waals surface area contributed by atoms with Gasteiger partial charge in [0.25, 0.3) is 0 Å². The van der Waals surface area contributed by atoms with Gasteiger partial charge in [0.2, 0.25) is 0 Å². The lowest BCUT2D eigenvalue weighted by Gasteiger charge is -2.35. The van der Waals surface area contributed by atoms with Crippen LogP contribution >= 0.6 is 0 Å².